The Morgan fingerprint density at radius 3 is 3.12 bits per heavy atom. The number of hydrogen-bond donors (Lipinski definition) is 1. The lowest BCUT2D eigenvalue weighted by atomic mass is 9.94. The Bertz CT molecular complexity index is 359. The summed E-state index contributed by atoms with van der Waals surface area (Å²) in [6.45, 7) is 2.09. The van der Waals surface area contributed by atoms with Gasteiger partial charge in [-0.05, 0) is 49.9 Å². The first-order valence-electron chi connectivity index (χ1n) is 6.33. The first kappa shape index (κ1) is 12.4. The highest BCUT2D eigenvalue weighted by molar-refractivity contribution is 5.31. The number of methoxy groups -OCH3 is 1. The summed E-state index contributed by atoms with van der Waals surface area (Å²) in [5.74, 6) is 0.697. The summed E-state index contributed by atoms with van der Waals surface area (Å²) in [4.78, 5) is 0. The Morgan fingerprint density at radius 2 is 2.29 bits per heavy atom. The predicted molar refractivity (Wildman–Crippen MR) is 66.9 cm³/mol. The van der Waals surface area contributed by atoms with Gasteiger partial charge < -0.3 is 10.1 Å². The minimum absolute atomic E-state index is 0.195. The maximum absolute atomic E-state index is 14.0. The van der Waals surface area contributed by atoms with Crippen LogP contribution in [0.1, 0.15) is 24.8 Å². The summed E-state index contributed by atoms with van der Waals surface area (Å²) in [7, 11) is 1.51. The molecule has 1 atom stereocenters. The van der Waals surface area contributed by atoms with Crippen LogP contribution < -0.4 is 10.1 Å². The molecule has 3 heteroatoms. The first-order valence-corrected chi connectivity index (χ1v) is 6.33. The smallest absolute Gasteiger partial charge is 0.168 e. The maximum Gasteiger partial charge on any atom is 0.168 e. The van der Waals surface area contributed by atoms with Crippen LogP contribution in [0.25, 0.3) is 0 Å². The van der Waals surface area contributed by atoms with E-state index in [2.05, 4.69) is 5.32 Å². The molecular weight excluding hydrogens is 217 g/mol. The third-order valence-electron chi connectivity index (χ3n) is 3.42. The molecule has 0 spiro atoms. The fourth-order valence-electron chi connectivity index (χ4n) is 2.45. The van der Waals surface area contributed by atoms with Gasteiger partial charge in [0.25, 0.3) is 0 Å². The topological polar surface area (TPSA) is 21.3 Å². The second-order valence-electron chi connectivity index (χ2n) is 4.70. The second kappa shape index (κ2) is 6.01. The number of hydrogen-bond acceptors (Lipinski definition) is 2. The van der Waals surface area contributed by atoms with Gasteiger partial charge in [0.15, 0.2) is 11.6 Å². The Kier molecular flexibility index (Phi) is 4.37. The summed E-state index contributed by atoms with van der Waals surface area (Å²) in [6, 6.07) is 5.40. The standard InChI is InChI=1S/C14H20FNO/c1-17-13-7-4-6-12(14(13)15)9-11-5-2-3-8-16-10-11/h4,6-7,11,16H,2-3,5,8-10H2,1H3. The van der Waals surface area contributed by atoms with E-state index in [0.29, 0.717) is 11.7 Å². The molecule has 0 aromatic heterocycles. The van der Waals surface area contributed by atoms with Crippen molar-refractivity contribution >= 4 is 0 Å². The molecule has 1 heterocycles. The SMILES string of the molecule is COc1cccc(CC2CCCCNC2)c1F. The average Bonchev–Trinajstić information content (AvgIpc) is 2.60. The van der Waals surface area contributed by atoms with Crippen molar-refractivity contribution in [3.63, 3.8) is 0 Å². The molecule has 0 amide bonds. The molecule has 1 fully saturated rings. The molecule has 0 saturated carbocycles. The highest BCUT2D eigenvalue weighted by atomic mass is 19.1. The Labute approximate surface area is 102 Å². The van der Waals surface area contributed by atoms with Crippen LogP contribution in [0.2, 0.25) is 0 Å². The molecule has 1 aromatic carbocycles. The lowest BCUT2D eigenvalue weighted by Gasteiger charge is -2.15. The molecule has 0 aliphatic carbocycles. The van der Waals surface area contributed by atoms with Crippen molar-refractivity contribution < 1.29 is 9.13 Å². The molecule has 0 radical (unpaired) electrons. The largest absolute Gasteiger partial charge is 0.494 e. The molecule has 1 unspecified atom stereocenters. The summed E-state index contributed by atoms with van der Waals surface area (Å²) in [5.41, 5.74) is 0.776. The number of nitrogens with one attached hydrogen (secondary N) is 1. The lowest BCUT2D eigenvalue weighted by molar-refractivity contribution is 0.380. The molecule has 1 N–H and O–H groups in total. The van der Waals surface area contributed by atoms with E-state index in [1.807, 2.05) is 12.1 Å². The van der Waals surface area contributed by atoms with Gasteiger partial charge in [-0.2, -0.15) is 0 Å². The van der Waals surface area contributed by atoms with Crippen LogP contribution in [0, 0.1) is 11.7 Å². The van der Waals surface area contributed by atoms with E-state index in [9.17, 15) is 4.39 Å². The third kappa shape index (κ3) is 3.19. The zero-order valence-electron chi connectivity index (χ0n) is 10.3. The number of halogens is 1. The molecule has 2 rings (SSSR count). The van der Waals surface area contributed by atoms with Crippen LogP contribution in [-0.4, -0.2) is 20.2 Å². The number of benzene rings is 1. The van der Waals surface area contributed by atoms with Crippen molar-refractivity contribution in [1.82, 2.24) is 5.32 Å². The van der Waals surface area contributed by atoms with Gasteiger partial charge in [-0.1, -0.05) is 18.6 Å². The van der Waals surface area contributed by atoms with Crippen LogP contribution in [0.15, 0.2) is 18.2 Å². The van der Waals surface area contributed by atoms with Gasteiger partial charge in [-0.25, -0.2) is 4.39 Å². The van der Waals surface area contributed by atoms with Gasteiger partial charge in [0.1, 0.15) is 0 Å². The van der Waals surface area contributed by atoms with Gasteiger partial charge in [-0.3, -0.25) is 0 Å². The summed E-state index contributed by atoms with van der Waals surface area (Å²) < 4.78 is 19.0. The maximum atomic E-state index is 14.0. The van der Waals surface area contributed by atoms with Crippen LogP contribution >= 0.6 is 0 Å². The van der Waals surface area contributed by atoms with E-state index < -0.39 is 0 Å². The molecule has 1 aliphatic heterocycles. The van der Waals surface area contributed by atoms with Crippen LogP contribution in [0.4, 0.5) is 4.39 Å². The summed E-state index contributed by atoms with van der Waals surface area (Å²) in [6.07, 6.45) is 4.46. The Hall–Kier alpha value is -1.09. The van der Waals surface area contributed by atoms with Crippen molar-refractivity contribution in [3.8, 4) is 5.75 Å². The number of ether oxygens (including phenoxy) is 1. The molecule has 1 aliphatic rings. The van der Waals surface area contributed by atoms with E-state index in [1.54, 1.807) is 6.07 Å². The predicted octanol–water partition coefficient (Wildman–Crippen LogP) is 2.77. The Morgan fingerprint density at radius 1 is 1.41 bits per heavy atom. The first-order chi connectivity index (χ1) is 8.31. The fourth-order valence-corrected chi connectivity index (χ4v) is 2.45. The van der Waals surface area contributed by atoms with Crippen molar-refractivity contribution in [2.75, 3.05) is 20.2 Å². The molecule has 17 heavy (non-hydrogen) atoms. The normalized spacial score (nSPS) is 20.9. The van der Waals surface area contributed by atoms with Gasteiger partial charge in [0.2, 0.25) is 0 Å². The highest BCUT2D eigenvalue weighted by Crippen LogP contribution is 2.24. The van der Waals surface area contributed by atoms with Gasteiger partial charge >= 0.3 is 0 Å². The van der Waals surface area contributed by atoms with E-state index in [0.717, 1.165) is 25.1 Å². The minimum Gasteiger partial charge on any atom is -0.494 e. The minimum atomic E-state index is -0.195. The average molecular weight is 237 g/mol. The van der Waals surface area contributed by atoms with Crippen molar-refractivity contribution in [3.05, 3.63) is 29.6 Å². The molecule has 1 saturated heterocycles. The molecule has 0 bridgehead atoms. The van der Waals surface area contributed by atoms with Crippen molar-refractivity contribution in [2.24, 2.45) is 5.92 Å². The van der Waals surface area contributed by atoms with E-state index >= 15 is 0 Å². The van der Waals surface area contributed by atoms with Crippen LogP contribution in [0.3, 0.4) is 0 Å². The van der Waals surface area contributed by atoms with E-state index in [1.165, 1.54) is 26.4 Å². The molecule has 2 nitrogen and oxygen atoms in total. The monoisotopic (exact) mass is 237 g/mol. The van der Waals surface area contributed by atoms with Gasteiger partial charge in [-0.15, -0.1) is 0 Å². The molecular formula is C14H20FNO. The summed E-state index contributed by atoms with van der Waals surface area (Å²) in [5, 5.41) is 3.41. The summed E-state index contributed by atoms with van der Waals surface area (Å²) >= 11 is 0. The van der Waals surface area contributed by atoms with Crippen molar-refractivity contribution in [2.45, 2.75) is 25.7 Å². The fraction of sp³-hybridized carbons (Fsp3) is 0.571. The zero-order valence-corrected chi connectivity index (χ0v) is 10.3. The number of rotatable bonds is 3. The van der Waals surface area contributed by atoms with Crippen molar-refractivity contribution in [1.29, 1.82) is 0 Å². The van der Waals surface area contributed by atoms with E-state index in [-0.39, 0.29) is 5.82 Å². The van der Waals surface area contributed by atoms with Gasteiger partial charge in [0, 0.05) is 0 Å². The Balaban J connectivity index is 2.06. The van der Waals surface area contributed by atoms with Crippen LogP contribution in [-0.2, 0) is 6.42 Å². The molecule has 94 valence electrons. The van der Waals surface area contributed by atoms with Crippen LogP contribution in [0.5, 0.6) is 5.75 Å². The molecule has 1 aromatic rings. The second-order valence-corrected chi connectivity index (χ2v) is 4.70. The highest BCUT2D eigenvalue weighted by Gasteiger charge is 2.16. The lowest BCUT2D eigenvalue weighted by Crippen LogP contribution is -2.22. The zero-order chi connectivity index (χ0) is 12.1. The van der Waals surface area contributed by atoms with Gasteiger partial charge in [0.05, 0.1) is 7.11 Å². The third-order valence-corrected chi connectivity index (χ3v) is 3.42. The van der Waals surface area contributed by atoms with E-state index in [4.69, 9.17) is 4.74 Å². The quantitative estimate of drug-likeness (QED) is 0.872.